The van der Waals surface area contributed by atoms with E-state index in [0.717, 1.165) is 0 Å². The second kappa shape index (κ2) is 12.8. The molecule has 2 atom stereocenters. The zero-order valence-electron chi connectivity index (χ0n) is 11.0. The van der Waals surface area contributed by atoms with E-state index >= 15 is 0 Å². The lowest BCUT2D eigenvalue weighted by atomic mass is 10.5. The molecule has 0 aromatic carbocycles. The van der Waals surface area contributed by atoms with E-state index in [1.807, 2.05) is 0 Å². The Bertz CT molecular complexity index is 311. The Morgan fingerprint density at radius 3 is 2.10 bits per heavy atom. The first-order chi connectivity index (χ1) is 9.41. The third-order valence-corrected chi connectivity index (χ3v) is 6.31. The Labute approximate surface area is 138 Å². The molecule has 0 saturated heterocycles. The highest BCUT2D eigenvalue weighted by Crippen LogP contribution is 2.44. The molecule has 0 aliphatic heterocycles. The summed E-state index contributed by atoms with van der Waals surface area (Å²) in [5.41, 5.74) is 0. The van der Waals surface area contributed by atoms with Crippen LogP contribution in [0.4, 0.5) is 0 Å². The van der Waals surface area contributed by atoms with Crippen LogP contribution in [0.1, 0.15) is 13.8 Å². The molecular formula is C8H16Cl2O6P2S2+2. The Morgan fingerprint density at radius 1 is 1.00 bits per heavy atom. The van der Waals surface area contributed by atoms with Gasteiger partial charge in [-0.25, -0.2) is 0 Å². The van der Waals surface area contributed by atoms with Crippen molar-refractivity contribution in [3.05, 3.63) is 0 Å². The molecule has 0 aromatic rings. The third kappa shape index (κ3) is 13.0. The molecule has 0 spiro atoms. The number of hydrogen-bond acceptors (Lipinski definition) is 8. The third-order valence-electron chi connectivity index (χ3n) is 1.31. The predicted octanol–water partition coefficient (Wildman–Crippen LogP) is 4.92. The van der Waals surface area contributed by atoms with Gasteiger partial charge in [0.1, 0.15) is 13.2 Å². The summed E-state index contributed by atoms with van der Waals surface area (Å²) in [6.07, 6.45) is 0. The fraction of sp³-hybridized carbons (Fsp3) is 1.00. The fourth-order valence-electron chi connectivity index (χ4n) is 0.707. The first kappa shape index (κ1) is 21.3. The van der Waals surface area contributed by atoms with Gasteiger partial charge >= 0.3 is 16.5 Å². The van der Waals surface area contributed by atoms with Crippen molar-refractivity contribution in [1.82, 2.24) is 0 Å². The minimum Gasteiger partial charge on any atom is -0.124 e. The molecule has 0 aromatic heterocycles. The Kier molecular flexibility index (Phi) is 13.7. The van der Waals surface area contributed by atoms with E-state index in [2.05, 4.69) is 0 Å². The molecule has 6 nitrogen and oxygen atoms in total. The van der Waals surface area contributed by atoms with Gasteiger partial charge < -0.3 is 0 Å². The van der Waals surface area contributed by atoms with Crippen molar-refractivity contribution in [2.24, 2.45) is 0 Å². The van der Waals surface area contributed by atoms with Crippen LogP contribution in [0.3, 0.4) is 0 Å². The monoisotopic (exact) mass is 404 g/mol. The molecular weight excluding hydrogens is 389 g/mol. The van der Waals surface area contributed by atoms with Crippen LogP contribution in [0.25, 0.3) is 0 Å². The average molecular weight is 405 g/mol. The number of hydrogen-bond donors (Lipinski definition) is 0. The minimum atomic E-state index is -2.22. The second-order valence-corrected chi connectivity index (χ2v) is 8.87. The molecule has 0 aliphatic rings. The highest BCUT2D eigenvalue weighted by atomic mass is 35.5. The molecule has 0 saturated carbocycles. The fourth-order valence-corrected chi connectivity index (χ4v) is 4.85. The summed E-state index contributed by atoms with van der Waals surface area (Å²) in [4.78, 5) is -0.754. The zero-order valence-corrected chi connectivity index (χ0v) is 15.9. The van der Waals surface area contributed by atoms with E-state index in [1.165, 1.54) is 21.6 Å². The van der Waals surface area contributed by atoms with Crippen LogP contribution in [0.15, 0.2) is 0 Å². The van der Waals surface area contributed by atoms with Gasteiger partial charge in [0, 0.05) is 9.13 Å². The molecule has 0 heterocycles. The SMILES string of the molecule is CC(C)(O[P+](=O)OCCCl)SSCO[P+](=O)OCCCl. The van der Waals surface area contributed by atoms with Crippen LogP contribution in [0.5, 0.6) is 0 Å². The lowest BCUT2D eigenvalue weighted by Crippen LogP contribution is -2.14. The highest BCUT2D eigenvalue weighted by molar-refractivity contribution is 8.77. The lowest BCUT2D eigenvalue weighted by molar-refractivity contribution is 0.170. The largest absolute Gasteiger partial charge is 0.698 e. The van der Waals surface area contributed by atoms with Gasteiger partial charge in [0.05, 0.1) is 11.8 Å². The number of alkyl halides is 2. The summed E-state index contributed by atoms with van der Waals surface area (Å²) in [5.74, 6) is 0.632. The summed E-state index contributed by atoms with van der Waals surface area (Å²) in [7, 11) is -1.87. The second-order valence-electron chi connectivity index (χ2n) is 3.43. The molecule has 2 unspecified atom stereocenters. The number of halogens is 2. The van der Waals surface area contributed by atoms with Gasteiger partial charge in [0.25, 0.3) is 0 Å². The van der Waals surface area contributed by atoms with Crippen LogP contribution >= 0.6 is 61.3 Å². The van der Waals surface area contributed by atoms with E-state index in [0.29, 0.717) is 0 Å². The minimum absolute atomic E-state index is 0.133. The molecule has 118 valence electrons. The Balaban J connectivity index is 3.76. The van der Waals surface area contributed by atoms with E-state index < -0.39 is 21.4 Å². The molecule has 12 heteroatoms. The molecule has 0 radical (unpaired) electrons. The zero-order chi connectivity index (χ0) is 15.4. The first-order valence-corrected chi connectivity index (χ1v) is 10.9. The topological polar surface area (TPSA) is 71.1 Å². The molecule has 0 bridgehead atoms. The van der Waals surface area contributed by atoms with Gasteiger partial charge in [-0.1, -0.05) is 21.6 Å². The maximum Gasteiger partial charge on any atom is 0.698 e. The quantitative estimate of drug-likeness (QED) is 0.141. The summed E-state index contributed by atoms with van der Waals surface area (Å²) in [6.45, 7) is 3.78. The van der Waals surface area contributed by atoms with E-state index in [4.69, 9.17) is 41.3 Å². The van der Waals surface area contributed by atoms with Crippen LogP contribution in [-0.4, -0.2) is 35.8 Å². The molecule has 0 amide bonds. The smallest absolute Gasteiger partial charge is 0.124 e. The van der Waals surface area contributed by atoms with Gasteiger partial charge in [0.15, 0.2) is 10.9 Å². The molecule has 0 rings (SSSR count). The Morgan fingerprint density at radius 2 is 1.55 bits per heavy atom. The van der Waals surface area contributed by atoms with Crippen molar-refractivity contribution in [2.75, 3.05) is 30.9 Å². The maximum atomic E-state index is 11.4. The standard InChI is InChI=1S/C8H16Cl2O6P2S2/c1-8(2,16-18(12)14-6-4-10)20-19-7-15-17(11)13-5-3-9/h3-7H2,1-2H3/q+2. The van der Waals surface area contributed by atoms with Gasteiger partial charge in [-0.3, -0.25) is 0 Å². The van der Waals surface area contributed by atoms with Crippen molar-refractivity contribution in [2.45, 2.75) is 18.8 Å². The summed E-state index contributed by atoms with van der Waals surface area (Å²) < 4.78 is 42.2. The van der Waals surface area contributed by atoms with Crippen molar-refractivity contribution in [3.8, 4) is 0 Å². The summed E-state index contributed by atoms with van der Waals surface area (Å²) in [5, 5.41) is 0. The summed E-state index contributed by atoms with van der Waals surface area (Å²) >= 11 is 10.8. The van der Waals surface area contributed by atoms with Crippen LogP contribution < -0.4 is 0 Å². The first-order valence-electron chi connectivity index (χ1n) is 5.36. The molecule has 0 aliphatic carbocycles. The van der Waals surface area contributed by atoms with Crippen LogP contribution in [0, 0.1) is 0 Å². The molecule has 0 fully saturated rings. The predicted molar refractivity (Wildman–Crippen MR) is 84.9 cm³/mol. The van der Waals surface area contributed by atoms with Crippen molar-refractivity contribution < 1.29 is 27.2 Å². The maximum absolute atomic E-state index is 11.4. The van der Waals surface area contributed by atoms with Crippen LogP contribution in [0.2, 0.25) is 0 Å². The normalized spacial score (nSPS) is 13.4. The van der Waals surface area contributed by atoms with Gasteiger partial charge in [-0.2, -0.15) is 0 Å². The molecule has 20 heavy (non-hydrogen) atoms. The van der Waals surface area contributed by atoms with Gasteiger partial charge in [-0.05, 0) is 13.8 Å². The summed E-state index contributed by atoms with van der Waals surface area (Å²) in [6, 6.07) is 0. The number of rotatable bonds is 13. The lowest BCUT2D eigenvalue weighted by Gasteiger charge is -2.14. The highest BCUT2D eigenvalue weighted by Gasteiger charge is 2.35. The van der Waals surface area contributed by atoms with Crippen molar-refractivity contribution in [1.29, 1.82) is 0 Å². The van der Waals surface area contributed by atoms with E-state index in [1.54, 1.807) is 13.8 Å². The van der Waals surface area contributed by atoms with E-state index in [-0.39, 0.29) is 30.9 Å². The Hall–Kier alpha value is 1.32. The van der Waals surface area contributed by atoms with E-state index in [9.17, 15) is 9.13 Å². The van der Waals surface area contributed by atoms with Crippen LogP contribution in [-0.2, 0) is 27.2 Å². The van der Waals surface area contributed by atoms with Crippen molar-refractivity contribution in [3.63, 3.8) is 0 Å². The van der Waals surface area contributed by atoms with Crippen molar-refractivity contribution >= 4 is 61.3 Å². The molecule has 0 N–H and O–H groups in total. The van der Waals surface area contributed by atoms with Gasteiger partial charge in [0.2, 0.25) is 0 Å². The average Bonchev–Trinajstić information content (AvgIpc) is 2.38. The van der Waals surface area contributed by atoms with Gasteiger partial charge in [-0.15, -0.1) is 41.3 Å².